The van der Waals surface area contributed by atoms with Crippen LogP contribution < -0.4 is 15.4 Å². The Morgan fingerprint density at radius 2 is 1.32 bits per heavy atom. The highest BCUT2D eigenvalue weighted by molar-refractivity contribution is 5.85. The van der Waals surface area contributed by atoms with Crippen molar-refractivity contribution in [1.82, 2.24) is 10.6 Å². The lowest BCUT2D eigenvalue weighted by atomic mass is 10.1. The molecule has 5 heteroatoms. The quantitative estimate of drug-likeness (QED) is 0.635. The van der Waals surface area contributed by atoms with Crippen molar-refractivity contribution < 1.29 is 14.3 Å². The summed E-state index contributed by atoms with van der Waals surface area (Å²) in [5.74, 6) is 1.04. The van der Waals surface area contributed by atoms with E-state index in [2.05, 4.69) is 10.6 Å². The molecular weight excluding hydrogens is 352 g/mol. The molecule has 0 fully saturated rings. The minimum atomic E-state index is -0.240. The summed E-state index contributed by atoms with van der Waals surface area (Å²) in [6.45, 7) is 0.311. The molecule has 142 valence electrons. The van der Waals surface area contributed by atoms with Gasteiger partial charge in [-0.3, -0.25) is 9.59 Å². The monoisotopic (exact) mass is 374 g/mol. The van der Waals surface area contributed by atoms with Crippen LogP contribution in [-0.4, -0.2) is 18.4 Å². The predicted molar refractivity (Wildman–Crippen MR) is 108 cm³/mol. The zero-order valence-electron chi connectivity index (χ0n) is 15.4. The maximum Gasteiger partial charge on any atom is 0.239 e. The number of rotatable bonds is 8. The molecule has 0 aliphatic heterocycles. The summed E-state index contributed by atoms with van der Waals surface area (Å²) in [6, 6.07) is 26.4. The van der Waals surface area contributed by atoms with E-state index in [-0.39, 0.29) is 24.8 Å². The second-order valence-corrected chi connectivity index (χ2v) is 6.28. The zero-order valence-corrected chi connectivity index (χ0v) is 15.4. The molecule has 2 N–H and O–H groups in total. The summed E-state index contributed by atoms with van der Waals surface area (Å²) < 4.78 is 5.79. The number of carbonyl (C=O) groups is 2. The molecule has 0 bridgehead atoms. The number of benzene rings is 3. The molecule has 0 radical (unpaired) electrons. The second kappa shape index (κ2) is 9.92. The first-order valence-electron chi connectivity index (χ1n) is 9.08. The Morgan fingerprint density at radius 1 is 0.679 bits per heavy atom. The van der Waals surface area contributed by atoms with Crippen LogP contribution in [0, 0.1) is 0 Å². The smallest absolute Gasteiger partial charge is 0.239 e. The molecule has 0 saturated heterocycles. The van der Waals surface area contributed by atoms with Gasteiger partial charge in [0.05, 0.1) is 13.0 Å². The van der Waals surface area contributed by atoms with Gasteiger partial charge < -0.3 is 15.4 Å². The first-order chi connectivity index (χ1) is 13.7. The number of nitrogens with one attached hydrogen (secondary N) is 2. The minimum Gasteiger partial charge on any atom is -0.457 e. The van der Waals surface area contributed by atoms with Gasteiger partial charge in [-0.15, -0.1) is 0 Å². The van der Waals surface area contributed by atoms with Crippen LogP contribution in [0.3, 0.4) is 0 Å². The Hall–Kier alpha value is -3.60. The Kier molecular flexibility index (Phi) is 6.79. The fourth-order valence-electron chi connectivity index (χ4n) is 2.63. The van der Waals surface area contributed by atoms with Gasteiger partial charge >= 0.3 is 0 Å². The topological polar surface area (TPSA) is 67.4 Å². The highest BCUT2D eigenvalue weighted by Crippen LogP contribution is 2.21. The number of hydrogen-bond acceptors (Lipinski definition) is 3. The standard InChI is InChI=1S/C23H22N2O3/c26-22(15-18-8-3-1-4-9-18)25-17-23(27)24-16-19-10-7-13-21(14-19)28-20-11-5-2-6-12-20/h1-14H,15-17H2,(H,24,27)(H,25,26). The third-order valence-electron chi connectivity index (χ3n) is 4.02. The average molecular weight is 374 g/mol. The van der Waals surface area contributed by atoms with Crippen LogP contribution in [0.15, 0.2) is 84.9 Å². The summed E-state index contributed by atoms with van der Waals surface area (Å²) in [6.07, 6.45) is 0.257. The molecule has 0 atom stereocenters. The van der Waals surface area contributed by atoms with Gasteiger partial charge in [0.2, 0.25) is 11.8 Å². The van der Waals surface area contributed by atoms with Crippen molar-refractivity contribution in [3.63, 3.8) is 0 Å². The fourth-order valence-corrected chi connectivity index (χ4v) is 2.63. The van der Waals surface area contributed by atoms with Gasteiger partial charge in [0.1, 0.15) is 11.5 Å². The van der Waals surface area contributed by atoms with E-state index in [0.29, 0.717) is 12.3 Å². The van der Waals surface area contributed by atoms with Crippen LogP contribution in [0.4, 0.5) is 0 Å². The predicted octanol–water partition coefficient (Wildman–Crippen LogP) is 3.45. The third-order valence-corrected chi connectivity index (χ3v) is 4.02. The molecule has 0 saturated carbocycles. The van der Waals surface area contributed by atoms with Crippen molar-refractivity contribution in [3.8, 4) is 11.5 Å². The van der Waals surface area contributed by atoms with Gasteiger partial charge in [-0.1, -0.05) is 60.7 Å². The van der Waals surface area contributed by atoms with Crippen molar-refractivity contribution in [2.45, 2.75) is 13.0 Å². The molecule has 2 amide bonds. The number of carbonyl (C=O) groups excluding carboxylic acids is 2. The van der Waals surface area contributed by atoms with Crippen LogP contribution in [0.2, 0.25) is 0 Å². The van der Waals surface area contributed by atoms with Crippen LogP contribution >= 0.6 is 0 Å². The molecule has 3 aromatic rings. The van der Waals surface area contributed by atoms with Crippen molar-refractivity contribution in [3.05, 3.63) is 96.1 Å². The molecule has 0 spiro atoms. The Morgan fingerprint density at radius 3 is 2.07 bits per heavy atom. The summed E-state index contributed by atoms with van der Waals surface area (Å²) in [4.78, 5) is 23.9. The zero-order chi connectivity index (χ0) is 19.6. The van der Waals surface area contributed by atoms with Crippen LogP contribution in [-0.2, 0) is 22.6 Å². The van der Waals surface area contributed by atoms with E-state index >= 15 is 0 Å². The Balaban J connectivity index is 1.43. The molecular formula is C23H22N2O3. The number of para-hydroxylation sites is 1. The summed E-state index contributed by atoms with van der Waals surface area (Å²) in [7, 11) is 0. The molecule has 3 rings (SSSR count). The van der Waals surface area contributed by atoms with Gasteiger partial charge in [-0.05, 0) is 35.4 Å². The van der Waals surface area contributed by atoms with Crippen molar-refractivity contribution >= 4 is 11.8 Å². The highest BCUT2D eigenvalue weighted by Gasteiger charge is 2.07. The largest absolute Gasteiger partial charge is 0.457 e. The molecule has 3 aromatic carbocycles. The van der Waals surface area contributed by atoms with Crippen molar-refractivity contribution in [2.24, 2.45) is 0 Å². The van der Waals surface area contributed by atoms with Gasteiger partial charge in [0.25, 0.3) is 0 Å². The van der Waals surface area contributed by atoms with Gasteiger partial charge in [-0.2, -0.15) is 0 Å². The van der Waals surface area contributed by atoms with E-state index in [4.69, 9.17) is 4.74 Å². The summed E-state index contributed by atoms with van der Waals surface area (Å²) in [5.41, 5.74) is 1.83. The molecule has 0 aliphatic rings. The fraction of sp³-hybridized carbons (Fsp3) is 0.130. The van der Waals surface area contributed by atoms with E-state index < -0.39 is 0 Å². The number of amides is 2. The molecule has 28 heavy (non-hydrogen) atoms. The Labute approximate surface area is 164 Å². The van der Waals surface area contributed by atoms with Crippen LogP contribution in [0.5, 0.6) is 11.5 Å². The molecule has 0 unspecified atom stereocenters. The lowest BCUT2D eigenvalue weighted by Crippen LogP contribution is -2.37. The second-order valence-electron chi connectivity index (χ2n) is 6.28. The minimum absolute atomic E-state index is 0.0497. The number of ether oxygens (including phenoxy) is 1. The molecule has 5 nitrogen and oxygen atoms in total. The molecule has 0 heterocycles. The van der Waals surface area contributed by atoms with E-state index in [1.807, 2.05) is 84.9 Å². The molecule has 0 aliphatic carbocycles. The van der Waals surface area contributed by atoms with Crippen molar-refractivity contribution in [1.29, 1.82) is 0 Å². The van der Waals surface area contributed by atoms with E-state index in [1.165, 1.54) is 0 Å². The average Bonchev–Trinajstić information content (AvgIpc) is 2.72. The first kappa shape index (κ1) is 19.2. The SMILES string of the molecule is O=C(CNC(=O)Cc1ccccc1)NCc1cccc(Oc2ccccc2)c1. The number of hydrogen-bond donors (Lipinski definition) is 2. The van der Waals surface area contributed by atoms with Gasteiger partial charge in [0.15, 0.2) is 0 Å². The van der Waals surface area contributed by atoms with E-state index in [0.717, 1.165) is 16.9 Å². The Bertz CT molecular complexity index is 911. The van der Waals surface area contributed by atoms with Crippen molar-refractivity contribution in [2.75, 3.05) is 6.54 Å². The first-order valence-corrected chi connectivity index (χ1v) is 9.08. The van der Waals surface area contributed by atoms with E-state index in [9.17, 15) is 9.59 Å². The van der Waals surface area contributed by atoms with Gasteiger partial charge in [-0.25, -0.2) is 0 Å². The lowest BCUT2D eigenvalue weighted by molar-refractivity contribution is -0.125. The summed E-state index contributed by atoms with van der Waals surface area (Å²) in [5, 5.41) is 5.44. The van der Waals surface area contributed by atoms with Crippen LogP contribution in [0.25, 0.3) is 0 Å². The van der Waals surface area contributed by atoms with E-state index in [1.54, 1.807) is 0 Å². The normalized spacial score (nSPS) is 10.1. The molecule has 0 aromatic heterocycles. The van der Waals surface area contributed by atoms with Crippen LogP contribution in [0.1, 0.15) is 11.1 Å². The van der Waals surface area contributed by atoms with Gasteiger partial charge in [0, 0.05) is 6.54 Å². The lowest BCUT2D eigenvalue weighted by Gasteiger charge is -2.09. The highest BCUT2D eigenvalue weighted by atomic mass is 16.5. The maximum absolute atomic E-state index is 12.0. The third kappa shape index (κ3) is 6.29. The maximum atomic E-state index is 12.0. The summed E-state index contributed by atoms with van der Waals surface area (Å²) >= 11 is 0.